The van der Waals surface area contributed by atoms with Crippen molar-refractivity contribution in [2.45, 2.75) is 0 Å². The minimum atomic E-state index is 0.714. The summed E-state index contributed by atoms with van der Waals surface area (Å²) in [6.07, 6.45) is 1.96. The molecule has 234 valence electrons. The molecule has 9 rings (SSSR count). The number of rotatable bonds is 6. The van der Waals surface area contributed by atoms with Gasteiger partial charge in [-0.3, -0.25) is 4.98 Å². The van der Waals surface area contributed by atoms with E-state index in [2.05, 4.69) is 138 Å². The summed E-state index contributed by atoms with van der Waals surface area (Å²) < 4.78 is 0. The Kier molecular flexibility index (Phi) is 7.49. The van der Waals surface area contributed by atoms with Crippen LogP contribution in [0.25, 0.3) is 89.0 Å². The van der Waals surface area contributed by atoms with Gasteiger partial charge in [-0.15, -0.1) is 0 Å². The highest BCUT2D eigenvalue weighted by molar-refractivity contribution is 5.97. The first-order valence-corrected chi connectivity index (χ1v) is 16.8. The highest BCUT2D eigenvalue weighted by atomic mass is 14.9. The van der Waals surface area contributed by atoms with Crippen LogP contribution >= 0.6 is 0 Å². The van der Waals surface area contributed by atoms with Gasteiger partial charge in [0.25, 0.3) is 0 Å². The Balaban J connectivity index is 1.11. The van der Waals surface area contributed by atoms with Crippen LogP contribution < -0.4 is 0 Å². The van der Waals surface area contributed by atoms with Crippen molar-refractivity contribution in [1.82, 2.24) is 15.0 Å². The van der Waals surface area contributed by atoms with Gasteiger partial charge in [-0.1, -0.05) is 152 Å². The summed E-state index contributed by atoms with van der Waals surface area (Å²) in [5.74, 6) is 0.714. The lowest BCUT2D eigenvalue weighted by atomic mass is 9.90. The van der Waals surface area contributed by atoms with Crippen LogP contribution in [-0.2, 0) is 0 Å². The van der Waals surface area contributed by atoms with Gasteiger partial charge in [0.05, 0.1) is 16.9 Å². The van der Waals surface area contributed by atoms with Gasteiger partial charge < -0.3 is 0 Å². The largest absolute Gasteiger partial charge is 0.256 e. The van der Waals surface area contributed by atoms with Gasteiger partial charge in [-0.05, 0) is 68.9 Å². The zero-order chi connectivity index (χ0) is 33.3. The number of nitrogens with zero attached hydrogens (tertiary/aromatic N) is 3. The second kappa shape index (κ2) is 12.7. The first kappa shape index (κ1) is 29.4. The molecule has 2 aromatic heterocycles. The molecule has 0 saturated heterocycles. The fourth-order valence-electron chi connectivity index (χ4n) is 6.68. The van der Waals surface area contributed by atoms with Crippen molar-refractivity contribution in [3.05, 3.63) is 188 Å². The Bertz CT molecular complexity index is 2550. The predicted octanol–water partition coefficient (Wildman–Crippen LogP) is 12.2. The molecule has 0 aliphatic heterocycles. The fraction of sp³-hybridized carbons (Fsp3) is 0. The molecule has 0 fully saturated rings. The molecule has 0 unspecified atom stereocenters. The van der Waals surface area contributed by atoms with Gasteiger partial charge in [0.1, 0.15) is 0 Å². The average molecular weight is 638 g/mol. The van der Waals surface area contributed by atoms with Crippen molar-refractivity contribution in [2.24, 2.45) is 0 Å². The molecule has 50 heavy (non-hydrogen) atoms. The van der Waals surface area contributed by atoms with Crippen LogP contribution in [0.5, 0.6) is 0 Å². The van der Waals surface area contributed by atoms with Crippen molar-refractivity contribution < 1.29 is 0 Å². The molecule has 0 N–H and O–H groups in total. The third kappa shape index (κ3) is 5.72. The van der Waals surface area contributed by atoms with Crippen molar-refractivity contribution in [1.29, 1.82) is 0 Å². The van der Waals surface area contributed by atoms with Crippen LogP contribution in [0, 0.1) is 0 Å². The maximum atomic E-state index is 5.04. The third-order valence-corrected chi connectivity index (χ3v) is 9.32. The van der Waals surface area contributed by atoms with Crippen LogP contribution in [-0.4, -0.2) is 15.0 Å². The van der Waals surface area contributed by atoms with E-state index in [4.69, 9.17) is 9.97 Å². The normalized spacial score (nSPS) is 11.2. The summed E-state index contributed by atoms with van der Waals surface area (Å²) in [6, 6.07) is 63.9. The zero-order valence-electron chi connectivity index (χ0n) is 27.2. The van der Waals surface area contributed by atoms with Crippen molar-refractivity contribution in [2.75, 3.05) is 0 Å². The SMILES string of the molecule is c1ccc(-c2cc(-c3ccc(-c4cc5ccccc5cc4-c4ccc(-c5cnc6ccccc6c5)cc4)cc3)nc(-c3ccccc3)n2)cc1. The molecule has 9 aromatic rings. The van der Waals surface area contributed by atoms with Gasteiger partial charge in [0.15, 0.2) is 5.82 Å². The summed E-state index contributed by atoms with van der Waals surface area (Å²) in [5.41, 5.74) is 12.9. The molecule has 0 spiro atoms. The maximum Gasteiger partial charge on any atom is 0.160 e. The summed E-state index contributed by atoms with van der Waals surface area (Å²) in [5, 5.41) is 3.57. The summed E-state index contributed by atoms with van der Waals surface area (Å²) in [4.78, 5) is 14.7. The molecule has 7 aromatic carbocycles. The van der Waals surface area contributed by atoms with Gasteiger partial charge in [-0.25, -0.2) is 9.97 Å². The van der Waals surface area contributed by atoms with Crippen LogP contribution in [0.15, 0.2) is 188 Å². The number of benzene rings is 7. The molecular formula is C47H31N3. The molecule has 3 nitrogen and oxygen atoms in total. The molecule has 0 aliphatic rings. The van der Waals surface area contributed by atoms with E-state index in [-0.39, 0.29) is 0 Å². The van der Waals surface area contributed by atoms with Gasteiger partial charge in [-0.2, -0.15) is 0 Å². The second-order valence-corrected chi connectivity index (χ2v) is 12.5. The third-order valence-electron chi connectivity index (χ3n) is 9.32. The number of aromatic nitrogens is 3. The van der Waals surface area contributed by atoms with E-state index in [1.807, 2.05) is 54.7 Å². The topological polar surface area (TPSA) is 38.7 Å². The summed E-state index contributed by atoms with van der Waals surface area (Å²) in [7, 11) is 0. The van der Waals surface area contributed by atoms with Crippen LogP contribution in [0.4, 0.5) is 0 Å². The number of pyridine rings is 1. The molecule has 0 bridgehead atoms. The minimum Gasteiger partial charge on any atom is -0.256 e. The Morgan fingerprint density at radius 3 is 1.36 bits per heavy atom. The van der Waals surface area contributed by atoms with E-state index in [0.29, 0.717) is 5.82 Å². The highest BCUT2D eigenvalue weighted by Crippen LogP contribution is 2.38. The molecule has 0 radical (unpaired) electrons. The quantitative estimate of drug-likeness (QED) is 0.182. The summed E-state index contributed by atoms with van der Waals surface area (Å²) in [6.45, 7) is 0. The lowest BCUT2D eigenvalue weighted by molar-refractivity contribution is 1.18. The summed E-state index contributed by atoms with van der Waals surface area (Å²) >= 11 is 0. The maximum absolute atomic E-state index is 5.04. The van der Waals surface area contributed by atoms with Gasteiger partial charge in [0, 0.05) is 33.8 Å². The van der Waals surface area contributed by atoms with Crippen LogP contribution in [0.1, 0.15) is 0 Å². The zero-order valence-corrected chi connectivity index (χ0v) is 27.2. The van der Waals surface area contributed by atoms with E-state index in [9.17, 15) is 0 Å². The Labute approximate surface area is 291 Å². The Morgan fingerprint density at radius 2 is 0.760 bits per heavy atom. The molecular weight excluding hydrogens is 607 g/mol. The lowest BCUT2D eigenvalue weighted by Gasteiger charge is -2.14. The fourth-order valence-corrected chi connectivity index (χ4v) is 6.68. The first-order chi connectivity index (χ1) is 24.7. The monoisotopic (exact) mass is 637 g/mol. The van der Waals surface area contributed by atoms with Crippen molar-refractivity contribution >= 4 is 21.7 Å². The van der Waals surface area contributed by atoms with Crippen LogP contribution in [0.2, 0.25) is 0 Å². The second-order valence-electron chi connectivity index (χ2n) is 12.5. The number of hydrogen-bond donors (Lipinski definition) is 0. The number of hydrogen-bond acceptors (Lipinski definition) is 3. The van der Waals surface area contributed by atoms with E-state index in [1.165, 1.54) is 27.5 Å². The van der Waals surface area contributed by atoms with Crippen LogP contribution in [0.3, 0.4) is 0 Å². The predicted molar refractivity (Wildman–Crippen MR) is 207 cm³/mol. The van der Waals surface area contributed by atoms with Crippen molar-refractivity contribution in [3.63, 3.8) is 0 Å². The Morgan fingerprint density at radius 1 is 0.300 bits per heavy atom. The van der Waals surface area contributed by atoms with E-state index in [0.717, 1.165) is 55.7 Å². The molecule has 0 amide bonds. The van der Waals surface area contributed by atoms with Crippen molar-refractivity contribution in [3.8, 4) is 67.3 Å². The van der Waals surface area contributed by atoms with E-state index >= 15 is 0 Å². The van der Waals surface area contributed by atoms with Gasteiger partial charge in [0.2, 0.25) is 0 Å². The lowest BCUT2D eigenvalue weighted by Crippen LogP contribution is -1.96. The molecule has 3 heteroatoms. The Hall–Kier alpha value is -6.71. The smallest absolute Gasteiger partial charge is 0.160 e. The highest BCUT2D eigenvalue weighted by Gasteiger charge is 2.14. The van der Waals surface area contributed by atoms with E-state index in [1.54, 1.807) is 0 Å². The number of para-hydroxylation sites is 1. The number of fused-ring (bicyclic) bond motifs is 2. The van der Waals surface area contributed by atoms with Gasteiger partial charge >= 0.3 is 0 Å². The average Bonchev–Trinajstić information content (AvgIpc) is 3.21. The standard InChI is InChI=1S/C47H31N3/c1-3-11-35(12-4-1)45-30-46(50-47(49-45)37-13-5-2-6-14-37)36-25-23-34(24-26-36)43-29-39-16-8-7-15-38(39)28-42(43)33-21-19-32(20-22-33)41-27-40-17-9-10-18-44(40)48-31-41/h1-31H. The minimum absolute atomic E-state index is 0.714. The molecule has 0 atom stereocenters. The first-order valence-electron chi connectivity index (χ1n) is 16.8. The molecule has 0 aliphatic carbocycles. The molecule has 0 saturated carbocycles. The molecule has 2 heterocycles. The van der Waals surface area contributed by atoms with E-state index < -0.39 is 0 Å².